The van der Waals surface area contributed by atoms with E-state index in [1.54, 1.807) is 25.3 Å². The van der Waals surface area contributed by atoms with Gasteiger partial charge in [0, 0.05) is 26.2 Å². The summed E-state index contributed by atoms with van der Waals surface area (Å²) in [6.45, 7) is 0. The second-order valence-electron chi connectivity index (χ2n) is 9.07. The highest BCUT2D eigenvalue weighted by atomic mass is 32.2. The molecule has 3 aromatic carbocycles. The summed E-state index contributed by atoms with van der Waals surface area (Å²) in [4.78, 5) is 19.8. The zero-order valence-electron chi connectivity index (χ0n) is 21.6. The number of hydrogen-bond acceptors (Lipinski definition) is 8. The highest BCUT2D eigenvalue weighted by Gasteiger charge is 2.36. The number of amidine groups is 1. The number of nitrogens with zero attached hydrogens (tertiary/aromatic N) is 4. The van der Waals surface area contributed by atoms with Gasteiger partial charge in [-0.25, -0.2) is 5.01 Å². The van der Waals surface area contributed by atoms with Crippen LogP contribution in [0.2, 0.25) is 0 Å². The number of aromatic hydroxyl groups is 1. The van der Waals surface area contributed by atoms with Crippen LogP contribution >= 0.6 is 11.8 Å². The van der Waals surface area contributed by atoms with Crippen LogP contribution in [0.3, 0.4) is 0 Å². The molecule has 0 saturated heterocycles. The monoisotopic (exact) mass is 528 g/mol. The number of aliphatic imine (C=N–C) groups is 1. The van der Waals surface area contributed by atoms with Crippen LogP contribution in [-0.4, -0.2) is 55.2 Å². The Morgan fingerprint density at radius 3 is 2.42 bits per heavy atom. The molecule has 194 valence electrons. The van der Waals surface area contributed by atoms with E-state index in [-0.39, 0.29) is 17.7 Å². The summed E-state index contributed by atoms with van der Waals surface area (Å²) in [6.07, 6.45) is 2.41. The lowest BCUT2D eigenvalue weighted by molar-refractivity contribution is -0.113. The van der Waals surface area contributed by atoms with Crippen LogP contribution < -0.4 is 14.4 Å². The Morgan fingerprint density at radius 1 is 1.03 bits per heavy atom. The van der Waals surface area contributed by atoms with Crippen molar-refractivity contribution in [2.24, 2.45) is 10.1 Å². The number of carbonyl (C=O) groups is 1. The van der Waals surface area contributed by atoms with E-state index < -0.39 is 0 Å². The fourth-order valence-corrected chi connectivity index (χ4v) is 5.25. The Bertz CT molecular complexity index is 1450. The van der Waals surface area contributed by atoms with Crippen LogP contribution in [0.4, 0.5) is 5.69 Å². The zero-order chi connectivity index (χ0) is 26.8. The highest BCUT2D eigenvalue weighted by Crippen LogP contribution is 2.40. The number of carbonyl (C=O) groups excluding carboxylic acids is 1. The number of phenolic OH excluding ortho intramolecular Hbond substituents is 1. The molecule has 1 amide bonds. The largest absolute Gasteiger partial charge is 0.504 e. The van der Waals surface area contributed by atoms with Crippen LogP contribution in [0, 0.1) is 0 Å². The molecule has 8 nitrogen and oxygen atoms in total. The Hall–Kier alpha value is -4.24. The Balaban J connectivity index is 1.47. The van der Waals surface area contributed by atoms with Gasteiger partial charge in [0.1, 0.15) is 5.75 Å². The minimum absolute atomic E-state index is 0.0394. The number of thioether (sulfide) groups is 1. The lowest BCUT2D eigenvalue weighted by Crippen LogP contribution is -2.23. The maximum absolute atomic E-state index is 12.9. The standard InChI is InChI=1S/C29H28N4O4S/c1-32(2)21-10-6-20(7-11-21)24-17-23(19-8-12-22(36-3)13-9-19)31-33(24)29-30-28(35)27(38-29)16-18-5-14-25(34)26(15-18)37-4/h5-16,24,34H,17H2,1-4H3/b27-16-. The van der Waals surface area contributed by atoms with Crippen LogP contribution in [0.25, 0.3) is 6.08 Å². The Kier molecular flexibility index (Phi) is 7.11. The van der Waals surface area contributed by atoms with Crippen molar-refractivity contribution in [3.63, 3.8) is 0 Å². The summed E-state index contributed by atoms with van der Waals surface area (Å²) in [5.41, 5.74) is 4.81. The van der Waals surface area contributed by atoms with E-state index in [0.717, 1.165) is 33.8 Å². The number of methoxy groups -OCH3 is 2. The van der Waals surface area contributed by atoms with Crippen molar-refractivity contribution < 1.29 is 19.4 Å². The number of amides is 1. The molecule has 1 atom stereocenters. The van der Waals surface area contributed by atoms with Gasteiger partial charge in [0.2, 0.25) is 0 Å². The van der Waals surface area contributed by atoms with Gasteiger partial charge in [0.25, 0.3) is 5.91 Å². The van der Waals surface area contributed by atoms with E-state index in [9.17, 15) is 9.90 Å². The average molecular weight is 529 g/mol. The summed E-state index contributed by atoms with van der Waals surface area (Å²) >= 11 is 1.29. The third-order valence-electron chi connectivity index (χ3n) is 6.43. The van der Waals surface area contributed by atoms with Crippen molar-refractivity contribution in [2.75, 3.05) is 33.2 Å². The molecule has 5 rings (SSSR count). The first-order valence-corrected chi connectivity index (χ1v) is 12.9. The molecule has 9 heteroatoms. The molecular formula is C29H28N4O4S. The maximum Gasteiger partial charge on any atom is 0.286 e. The maximum atomic E-state index is 12.9. The number of phenols is 1. The predicted molar refractivity (Wildman–Crippen MR) is 152 cm³/mol. The van der Waals surface area contributed by atoms with Gasteiger partial charge in [-0.3, -0.25) is 4.79 Å². The van der Waals surface area contributed by atoms with E-state index >= 15 is 0 Å². The molecule has 38 heavy (non-hydrogen) atoms. The molecule has 2 aliphatic rings. The first-order valence-electron chi connectivity index (χ1n) is 12.0. The summed E-state index contributed by atoms with van der Waals surface area (Å²) in [5, 5.41) is 17.2. The van der Waals surface area contributed by atoms with Gasteiger partial charge in [-0.1, -0.05) is 18.2 Å². The quantitative estimate of drug-likeness (QED) is 0.435. The third kappa shape index (κ3) is 5.10. The van der Waals surface area contributed by atoms with Gasteiger partial charge in [0.05, 0.1) is 30.9 Å². The highest BCUT2D eigenvalue weighted by molar-refractivity contribution is 8.18. The van der Waals surface area contributed by atoms with Crippen LogP contribution in [-0.2, 0) is 4.79 Å². The fourth-order valence-electron chi connectivity index (χ4n) is 4.33. The normalized spacial score (nSPS) is 18.0. The summed E-state index contributed by atoms with van der Waals surface area (Å²) in [6, 6.07) is 21.0. The number of hydrogen-bond donors (Lipinski definition) is 1. The lowest BCUT2D eigenvalue weighted by atomic mass is 9.98. The van der Waals surface area contributed by atoms with Gasteiger partial charge >= 0.3 is 0 Å². The van der Waals surface area contributed by atoms with Crippen LogP contribution in [0.1, 0.15) is 29.2 Å². The lowest BCUT2D eigenvalue weighted by Gasteiger charge is -2.23. The molecule has 3 aromatic rings. The van der Waals surface area contributed by atoms with Crippen molar-refractivity contribution in [3.8, 4) is 17.2 Å². The minimum atomic E-state index is -0.327. The van der Waals surface area contributed by atoms with Crippen molar-refractivity contribution in [1.29, 1.82) is 0 Å². The summed E-state index contributed by atoms with van der Waals surface area (Å²) in [7, 11) is 7.15. The van der Waals surface area contributed by atoms with E-state index in [4.69, 9.17) is 14.6 Å². The van der Waals surface area contributed by atoms with E-state index in [1.807, 2.05) is 43.4 Å². The Labute approximate surface area is 225 Å². The van der Waals surface area contributed by atoms with Gasteiger partial charge in [-0.15, -0.1) is 0 Å². The third-order valence-corrected chi connectivity index (χ3v) is 7.41. The summed E-state index contributed by atoms with van der Waals surface area (Å²) < 4.78 is 10.5. The minimum Gasteiger partial charge on any atom is -0.504 e. The van der Waals surface area contributed by atoms with Crippen molar-refractivity contribution in [1.82, 2.24) is 5.01 Å². The van der Waals surface area contributed by atoms with Gasteiger partial charge < -0.3 is 19.5 Å². The van der Waals surface area contributed by atoms with Crippen molar-refractivity contribution in [3.05, 3.63) is 88.3 Å². The molecule has 0 radical (unpaired) electrons. The number of anilines is 1. The molecule has 0 spiro atoms. The zero-order valence-corrected chi connectivity index (χ0v) is 22.4. The van der Waals surface area contributed by atoms with E-state index in [1.165, 1.54) is 24.9 Å². The summed E-state index contributed by atoms with van der Waals surface area (Å²) in [5.74, 6) is 0.830. The number of rotatable bonds is 6. The van der Waals surface area contributed by atoms with Crippen LogP contribution in [0.5, 0.6) is 17.2 Å². The van der Waals surface area contributed by atoms with E-state index in [0.29, 0.717) is 22.2 Å². The molecule has 2 heterocycles. The molecular weight excluding hydrogens is 500 g/mol. The van der Waals surface area contributed by atoms with Crippen LogP contribution in [0.15, 0.2) is 81.7 Å². The SMILES string of the molecule is COc1ccc(C2=NN(C3=NC(=O)/C(=C/c4ccc(O)c(OC)c4)S3)C(c3ccc(N(C)C)cc3)C2)cc1. The van der Waals surface area contributed by atoms with Gasteiger partial charge in [-0.05, 0) is 83.1 Å². The number of ether oxygens (including phenoxy) is 2. The predicted octanol–water partition coefficient (Wildman–Crippen LogP) is 5.30. The van der Waals surface area contributed by atoms with E-state index in [2.05, 4.69) is 34.2 Å². The smallest absolute Gasteiger partial charge is 0.286 e. The fraction of sp³-hybridized carbons (Fsp3) is 0.207. The first-order chi connectivity index (χ1) is 18.4. The van der Waals surface area contributed by atoms with Crippen molar-refractivity contribution in [2.45, 2.75) is 12.5 Å². The molecule has 0 aromatic heterocycles. The second-order valence-corrected chi connectivity index (χ2v) is 10.1. The molecule has 0 aliphatic carbocycles. The molecule has 0 saturated carbocycles. The molecule has 0 fully saturated rings. The van der Waals surface area contributed by atoms with Crippen molar-refractivity contribution >= 4 is 40.3 Å². The Morgan fingerprint density at radius 2 is 1.76 bits per heavy atom. The average Bonchev–Trinajstić information content (AvgIpc) is 3.53. The van der Waals surface area contributed by atoms with Gasteiger partial charge in [-0.2, -0.15) is 10.1 Å². The molecule has 1 unspecified atom stereocenters. The van der Waals surface area contributed by atoms with Gasteiger partial charge in [0.15, 0.2) is 16.7 Å². The topological polar surface area (TPSA) is 87.0 Å². The first kappa shape index (κ1) is 25.4. The number of hydrazone groups is 1. The number of benzene rings is 3. The second kappa shape index (κ2) is 10.6. The molecule has 0 bridgehead atoms. The molecule has 2 aliphatic heterocycles. The molecule has 1 N–H and O–H groups in total.